The van der Waals surface area contributed by atoms with E-state index in [-0.39, 0.29) is 0 Å². The Hall–Kier alpha value is -1.34. The van der Waals surface area contributed by atoms with Gasteiger partial charge < -0.3 is 9.26 Å². The molecule has 2 heterocycles. The van der Waals surface area contributed by atoms with Crippen LogP contribution in [-0.2, 0) is 18.0 Å². The molecule has 0 radical (unpaired) electrons. The van der Waals surface area contributed by atoms with Crippen LogP contribution >= 0.6 is 0 Å². The van der Waals surface area contributed by atoms with Gasteiger partial charge >= 0.3 is 0 Å². The van der Waals surface area contributed by atoms with Gasteiger partial charge in [-0.2, -0.15) is 5.26 Å². The Morgan fingerprint density at radius 1 is 1.50 bits per heavy atom. The van der Waals surface area contributed by atoms with E-state index in [0.717, 1.165) is 5.56 Å². The molecule has 2 rings (SSSR count). The molecular formula is C6H4N2O2. The highest BCUT2D eigenvalue weighted by Gasteiger charge is 2.21. The molecule has 4 nitrogen and oxygen atoms in total. The largest absolute Gasteiger partial charge is 0.368 e. The Kier molecular flexibility index (Phi) is 0.992. The zero-order chi connectivity index (χ0) is 6.97. The van der Waals surface area contributed by atoms with Crippen LogP contribution in [0.1, 0.15) is 17.0 Å². The summed E-state index contributed by atoms with van der Waals surface area (Å²) in [5, 5.41) is 12.0. The van der Waals surface area contributed by atoms with Crippen LogP contribution in [0.5, 0.6) is 0 Å². The maximum absolute atomic E-state index is 8.46. The summed E-state index contributed by atoms with van der Waals surface area (Å²) < 4.78 is 9.81. The summed E-state index contributed by atoms with van der Waals surface area (Å²) in [6, 6.07) is 1.92. The van der Waals surface area contributed by atoms with E-state index in [1.54, 1.807) is 0 Å². The van der Waals surface area contributed by atoms with Crippen molar-refractivity contribution in [2.45, 2.75) is 13.2 Å². The highest BCUT2D eigenvalue weighted by molar-refractivity contribution is 5.33. The summed E-state index contributed by atoms with van der Waals surface area (Å²) in [6.07, 6.45) is 0. The van der Waals surface area contributed by atoms with Crippen molar-refractivity contribution < 1.29 is 9.26 Å². The number of rotatable bonds is 0. The van der Waals surface area contributed by atoms with Crippen LogP contribution in [0.4, 0.5) is 0 Å². The standard InChI is InChI=1S/C6H4N2O2/c7-1-5-4-2-9-3-6(4)10-8-5/h2-3H2. The van der Waals surface area contributed by atoms with E-state index in [4.69, 9.17) is 14.5 Å². The fourth-order valence-electron chi connectivity index (χ4n) is 0.939. The van der Waals surface area contributed by atoms with Gasteiger partial charge in [0.2, 0.25) is 0 Å². The maximum atomic E-state index is 8.46. The Morgan fingerprint density at radius 3 is 3.20 bits per heavy atom. The van der Waals surface area contributed by atoms with Crippen molar-refractivity contribution in [2.75, 3.05) is 0 Å². The lowest BCUT2D eigenvalue weighted by Gasteiger charge is -1.83. The molecule has 0 N–H and O–H groups in total. The van der Waals surface area contributed by atoms with E-state index >= 15 is 0 Å². The topological polar surface area (TPSA) is 59.0 Å². The third-order valence-corrected chi connectivity index (χ3v) is 1.46. The van der Waals surface area contributed by atoms with Crippen LogP contribution in [0, 0.1) is 11.3 Å². The van der Waals surface area contributed by atoms with Crippen LogP contribution < -0.4 is 0 Å². The van der Waals surface area contributed by atoms with Crippen LogP contribution in [0.25, 0.3) is 0 Å². The second kappa shape index (κ2) is 1.82. The second-order valence-corrected chi connectivity index (χ2v) is 2.04. The van der Waals surface area contributed by atoms with Crippen LogP contribution in [-0.4, -0.2) is 5.16 Å². The van der Waals surface area contributed by atoms with Gasteiger partial charge in [-0.25, -0.2) is 0 Å². The molecule has 4 heteroatoms. The molecule has 1 aromatic rings. The number of fused-ring (bicyclic) bond motifs is 1. The number of ether oxygens (including phenoxy) is 1. The zero-order valence-corrected chi connectivity index (χ0v) is 5.13. The number of hydrogen-bond acceptors (Lipinski definition) is 4. The first-order chi connectivity index (χ1) is 4.92. The van der Waals surface area contributed by atoms with Crippen molar-refractivity contribution in [2.24, 2.45) is 0 Å². The predicted molar refractivity (Wildman–Crippen MR) is 29.7 cm³/mol. The molecule has 0 bridgehead atoms. The molecule has 50 valence electrons. The summed E-state index contributed by atoms with van der Waals surface area (Å²) >= 11 is 0. The zero-order valence-electron chi connectivity index (χ0n) is 5.13. The summed E-state index contributed by atoms with van der Waals surface area (Å²) in [5.74, 6) is 0.691. The predicted octanol–water partition coefficient (Wildman–Crippen LogP) is 0.576. The van der Waals surface area contributed by atoms with Gasteiger partial charge in [-0.15, -0.1) is 0 Å². The Bertz CT molecular complexity index is 297. The van der Waals surface area contributed by atoms with Gasteiger partial charge in [0.05, 0.1) is 12.2 Å². The summed E-state index contributed by atoms with van der Waals surface area (Å²) in [5.41, 5.74) is 1.16. The number of nitriles is 1. The monoisotopic (exact) mass is 136 g/mol. The Morgan fingerprint density at radius 2 is 2.40 bits per heavy atom. The van der Waals surface area contributed by atoms with Crippen molar-refractivity contribution in [3.05, 3.63) is 17.0 Å². The SMILES string of the molecule is N#Cc1noc2c1COC2. The molecule has 0 aliphatic carbocycles. The molecule has 0 fully saturated rings. The lowest BCUT2D eigenvalue weighted by Crippen LogP contribution is -1.82. The van der Waals surface area contributed by atoms with Crippen molar-refractivity contribution in [1.29, 1.82) is 5.26 Å². The first-order valence-electron chi connectivity index (χ1n) is 2.87. The molecule has 0 saturated carbocycles. The second-order valence-electron chi connectivity index (χ2n) is 2.04. The van der Waals surface area contributed by atoms with Gasteiger partial charge in [-0.3, -0.25) is 0 Å². The van der Waals surface area contributed by atoms with Gasteiger partial charge in [-0.05, 0) is 0 Å². The molecule has 0 amide bonds. The van der Waals surface area contributed by atoms with Crippen LogP contribution in [0.15, 0.2) is 4.52 Å². The molecule has 1 aliphatic heterocycles. The van der Waals surface area contributed by atoms with Crippen molar-refractivity contribution in [1.82, 2.24) is 5.16 Å². The fraction of sp³-hybridized carbons (Fsp3) is 0.333. The van der Waals surface area contributed by atoms with Crippen molar-refractivity contribution >= 4 is 0 Å². The number of aromatic nitrogens is 1. The lowest BCUT2D eigenvalue weighted by atomic mass is 10.2. The first-order valence-corrected chi connectivity index (χ1v) is 2.87. The maximum Gasteiger partial charge on any atom is 0.189 e. The highest BCUT2D eigenvalue weighted by atomic mass is 16.5. The third-order valence-electron chi connectivity index (χ3n) is 1.46. The molecule has 1 aromatic heterocycles. The van der Waals surface area contributed by atoms with Crippen LogP contribution in [0.3, 0.4) is 0 Å². The van der Waals surface area contributed by atoms with Gasteiger partial charge in [0.15, 0.2) is 11.5 Å². The average Bonchev–Trinajstić information content (AvgIpc) is 2.44. The molecule has 0 saturated heterocycles. The average molecular weight is 136 g/mol. The van der Waals surface area contributed by atoms with Crippen molar-refractivity contribution in [3.8, 4) is 6.07 Å². The Balaban J connectivity index is 2.57. The molecule has 0 unspecified atom stereocenters. The molecule has 0 atom stereocenters. The minimum atomic E-state index is 0.354. The van der Waals surface area contributed by atoms with Gasteiger partial charge in [0.1, 0.15) is 12.7 Å². The normalized spacial score (nSPS) is 14.7. The summed E-state index contributed by atoms with van der Waals surface area (Å²) in [7, 11) is 0. The lowest BCUT2D eigenvalue weighted by molar-refractivity contribution is 0.118. The van der Waals surface area contributed by atoms with E-state index in [9.17, 15) is 0 Å². The Labute approximate surface area is 57.0 Å². The molecule has 1 aliphatic rings. The van der Waals surface area contributed by atoms with E-state index in [1.807, 2.05) is 6.07 Å². The van der Waals surface area contributed by atoms with E-state index in [0.29, 0.717) is 24.7 Å². The highest BCUT2D eigenvalue weighted by Crippen LogP contribution is 2.21. The van der Waals surface area contributed by atoms with Crippen LogP contribution in [0.2, 0.25) is 0 Å². The minimum absolute atomic E-state index is 0.354. The first kappa shape index (κ1) is 5.45. The smallest absolute Gasteiger partial charge is 0.189 e. The van der Waals surface area contributed by atoms with E-state index in [2.05, 4.69) is 5.16 Å². The van der Waals surface area contributed by atoms with Gasteiger partial charge in [0.25, 0.3) is 0 Å². The van der Waals surface area contributed by atoms with E-state index in [1.165, 1.54) is 0 Å². The minimum Gasteiger partial charge on any atom is -0.368 e. The molecule has 0 spiro atoms. The van der Waals surface area contributed by atoms with E-state index < -0.39 is 0 Å². The number of hydrogen-bond donors (Lipinski definition) is 0. The van der Waals surface area contributed by atoms with Crippen molar-refractivity contribution in [3.63, 3.8) is 0 Å². The summed E-state index contributed by atoms with van der Waals surface area (Å²) in [6.45, 7) is 0.908. The molecular weight excluding hydrogens is 132 g/mol. The van der Waals surface area contributed by atoms with Gasteiger partial charge in [-0.1, -0.05) is 5.16 Å². The summed E-state index contributed by atoms with van der Waals surface area (Å²) in [4.78, 5) is 0. The third kappa shape index (κ3) is 0.552. The number of nitrogens with zero attached hydrogens (tertiary/aromatic N) is 2. The van der Waals surface area contributed by atoms with Gasteiger partial charge in [0, 0.05) is 0 Å². The fourth-order valence-corrected chi connectivity index (χ4v) is 0.939. The molecule has 10 heavy (non-hydrogen) atoms. The quantitative estimate of drug-likeness (QED) is 0.523. The molecule has 0 aromatic carbocycles.